The number of hydrogen-bond acceptors (Lipinski definition) is 3. The highest BCUT2D eigenvalue weighted by Gasteiger charge is 2.23. The summed E-state index contributed by atoms with van der Waals surface area (Å²) >= 11 is 0. The van der Waals surface area contributed by atoms with E-state index in [4.69, 9.17) is 4.74 Å². The average Bonchev–Trinajstić information content (AvgIpc) is 2.75. The standard InChI is InChI=1S/C25H35N3O2/c1-4-30-24-8-6-5-7-23(24)28-17-15-27(16-18-28)19-25(29)26-14-13-21-9-11-22(12-10-21)20(2)3/h5-12,20H,4,13-19H2,1-3H3,(H,26,29)/p+1. The second-order valence-corrected chi connectivity index (χ2v) is 8.31. The number of quaternary nitrogens is 1. The molecular weight excluding hydrogens is 374 g/mol. The van der Waals surface area contributed by atoms with E-state index in [1.54, 1.807) is 0 Å². The Kier molecular flexibility index (Phi) is 8.14. The monoisotopic (exact) mass is 410 g/mol. The van der Waals surface area contributed by atoms with E-state index < -0.39 is 0 Å². The van der Waals surface area contributed by atoms with Gasteiger partial charge in [0.15, 0.2) is 6.54 Å². The lowest BCUT2D eigenvalue weighted by atomic mass is 10.0. The number of nitrogens with zero attached hydrogens (tertiary/aromatic N) is 1. The first-order valence-corrected chi connectivity index (χ1v) is 11.2. The van der Waals surface area contributed by atoms with Crippen LogP contribution in [-0.4, -0.2) is 51.8 Å². The molecule has 2 aromatic carbocycles. The van der Waals surface area contributed by atoms with E-state index in [1.807, 2.05) is 19.1 Å². The van der Waals surface area contributed by atoms with Crippen molar-refractivity contribution in [2.45, 2.75) is 33.1 Å². The van der Waals surface area contributed by atoms with Gasteiger partial charge < -0.3 is 19.9 Å². The molecule has 1 fully saturated rings. The minimum Gasteiger partial charge on any atom is -0.492 e. The molecule has 5 heteroatoms. The number of rotatable bonds is 9. The maximum atomic E-state index is 12.4. The summed E-state index contributed by atoms with van der Waals surface area (Å²) in [6, 6.07) is 16.9. The van der Waals surface area contributed by atoms with Crippen molar-refractivity contribution >= 4 is 11.6 Å². The zero-order chi connectivity index (χ0) is 21.3. The Hall–Kier alpha value is -2.53. The maximum Gasteiger partial charge on any atom is 0.275 e. The van der Waals surface area contributed by atoms with Crippen molar-refractivity contribution in [3.63, 3.8) is 0 Å². The number of carbonyl (C=O) groups excluding carboxylic acids is 1. The van der Waals surface area contributed by atoms with Crippen LogP contribution in [0.1, 0.15) is 37.8 Å². The third-order valence-corrected chi connectivity index (χ3v) is 5.77. The minimum absolute atomic E-state index is 0.145. The lowest BCUT2D eigenvalue weighted by Gasteiger charge is -2.34. The quantitative estimate of drug-likeness (QED) is 0.667. The highest BCUT2D eigenvalue weighted by molar-refractivity contribution is 5.76. The summed E-state index contributed by atoms with van der Waals surface area (Å²) in [5.74, 6) is 1.64. The summed E-state index contributed by atoms with van der Waals surface area (Å²) < 4.78 is 5.77. The number of anilines is 1. The molecule has 0 aromatic heterocycles. The van der Waals surface area contributed by atoms with Gasteiger partial charge in [-0.05, 0) is 42.5 Å². The Morgan fingerprint density at radius 2 is 1.80 bits per heavy atom. The average molecular weight is 411 g/mol. The fourth-order valence-electron chi connectivity index (χ4n) is 3.94. The van der Waals surface area contributed by atoms with Crippen LogP contribution < -0.4 is 19.9 Å². The molecule has 2 aromatic rings. The molecular formula is C25H36N3O2+. The number of benzene rings is 2. The van der Waals surface area contributed by atoms with E-state index in [2.05, 4.69) is 60.5 Å². The Morgan fingerprint density at radius 1 is 1.10 bits per heavy atom. The van der Waals surface area contributed by atoms with E-state index in [0.29, 0.717) is 25.6 Å². The molecule has 5 nitrogen and oxygen atoms in total. The van der Waals surface area contributed by atoms with E-state index >= 15 is 0 Å². The van der Waals surface area contributed by atoms with Crippen molar-refractivity contribution in [1.82, 2.24) is 5.32 Å². The predicted molar refractivity (Wildman–Crippen MR) is 123 cm³/mol. The molecule has 1 amide bonds. The molecule has 0 aliphatic carbocycles. The Labute approximate surface area is 181 Å². The summed E-state index contributed by atoms with van der Waals surface area (Å²) in [5, 5.41) is 3.09. The van der Waals surface area contributed by atoms with E-state index in [1.165, 1.54) is 16.0 Å². The lowest BCUT2D eigenvalue weighted by molar-refractivity contribution is -0.892. The summed E-state index contributed by atoms with van der Waals surface area (Å²) in [6.07, 6.45) is 0.876. The van der Waals surface area contributed by atoms with Crippen LogP contribution in [0.3, 0.4) is 0 Å². The molecule has 1 aliphatic heterocycles. The largest absolute Gasteiger partial charge is 0.492 e. The van der Waals surface area contributed by atoms with Gasteiger partial charge in [0.1, 0.15) is 5.75 Å². The van der Waals surface area contributed by atoms with Crippen LogP contribution in [0.25, 0.3) is 0 Å². The van der Waals surface area contributed by atoms with Gasteiger partial charge in [-0.1, -0.05) is 50.2 Å². The molecule has 162 valence electrons. The highest BCUT2D eigenvalue weighted by atomic mass is 16.5. The van der Waals surface area contributed by atoms with Gasteiger partial charge in [0.05, 0.1) is 38.5 Å². The fraction of sp³-hybridized carbons (Fsp3) is 0.480. The van der Waals surface area contributed by atoms with Crippen LogP contribution in [0.15, 0.2) is 48.5 Å². The van der Waals surface area contributed by atoms with Crippen molar-refractivity contribution in [3.05, 3.63) is 59.7 Å². The predicted octanol–water partition coefficient (Wildman–Crippen LogP) is 2.27. The van der Waals surface area contributed by atoms with Gasteiger partial charge in [0, 0.05) is 6.54 Å². The van der Waals surface area contributed by atoms with Crippen molar-refractivity contribution in [3.8, 4) is 5.75 Å². The van der Waals surface area contributed by atoms with E-state index in [-0.39, 0.29) is 5.91 Å². The SMILES string of the molecule is CCOc1ccccc1N1CC[NH+](CC(=O)NCCc2ccc(C(C)C)cc2)CC1. The number of para-hydroxylation sites is 2. The highest BCUT2D eigenvalue weighted by Crippen LogP contribution is 2.27. The van der Waals surface area contributed by atoms with Crippen LogP contribution >= 0.6 is 0 Å². The van der Waals surface area contributed by atoms with Gasteiger partial charge in [0.25, 0.3) is 5.91 Å². The number of amides is 1. The molecule has 1 aliphatic rings. The van der Waals surface area contributed by atoms with Gasteiger partial charge in [-0.3, -0.25) is 4.79 Å². The smallest absolute Gasteiger partial charge is 0.275 e. The first-order chi connectivity index (χ1) is 14.6. The summed E-state index contributed by atoms with van der Waals surface area (Å²) in [6.45, 7) is 12.1. The third-order valence-electron chi connectivity index (χ3n) is 5.77. The fourth-order valence-corrected chi connectivity index (χ4v) is 3.94. The number of carbonyl (C=O) groups is 1. The summed E-state index contributed by atoms with van der Waals surface area (Å²) in [7, 11) is 0. The number of ether oxygens (including phenoxy) is 1. The Bertz CT molecular complexity index is 796. The molecule has 0 radical (unpaired) electrons. The molecule has 0 saturated carbocycles. The minimum atomic E-state index is 0.145. The molecule has 1 saturated heterocycles. The molecule has 30 heavy (non-hydrogen) atoms. The van der Waals surface area contributed by atoms with Crippen molar-refractivity contribution in [2.75, 3.05) is 50.8 Å². The second-order valence-electron chi connectivity index (χ2n) is 8.31. The van der Waals surface area contributed by atoms with Gasteiger partial charge >= 0.3 is 0 Å². The number of piperazine rings is 1. The van der Waals surface area contributed by atoms with E-state index in [9.17, 15) is 4.79 Å². The molecule has 0 bridgehead atoms. The molecule has 0 atom stereocenters. The van der Waals surface area contributed by atoms with Gasteiger partial charge in [-0.25, -0.2) is 0 Å². The van der Waals surface area contributed by atoms with Gasteiger partial charge in [-0.2, -0.15) is 0 Å². The normalized spacial score (nSPS) is 14.7. The summed E-state index contributed by atoms with van der Waals surface area (Å²) in [5.41, 5.74) is 3.79. The lowest BCUT2D eigenvalue weighted by Crippen LogP contribution is -3.16. The molecule has 3 rings (SSSR count). The third kappa shape index (κ3) is 6.23. The van der Waals surface area contributed by atoms with Crippen LogP contribution in [-0.2, 0) is 11.2 Å². The first-order valence-electron chi connectivity index (χ1n) is 11.2. The van der Waals surface area contributed by atoms with Crippen LogP contribution in [0.5, 0.6) is 5.75 Å². The van der Waals surface area contributed by atoms with Crippen molar-refractivity contribution in [2.24, 2.45) is 0 Å². The second kappa shape index (κ2) is 11.0. The van der Waals surface area contributed by atoms with Crippen LogP contribution in [0, 0.1) is 0 Å². The maximum absolute atomic E-state index is 12.4. The van der Waals surface area contributed by atoms with Crippen molar-refractivity contribution < 1.29 is 14.4 Å². The van der Waals surface area contributed by atoms with Crippen LogP contribution in [0.4, 0.5) is 5.69 Å². The zero-order valence-corrected chi connectivity index (χ0v) is 18.6. The topological polar surface area (TPSA) is 46.0 Å². The molecule has 1 heterocycles. The van der Waals surface area contributed by atoms with Gasteiger partial charge in [0.2, 0.25) is 0 Å². The zero-order valence-electron chi connectivity index (χ0n) is 18.6. The van der Waals surface area contributed by atoms with Gasteiger partial charge in [-0.15, -0.1) is 0 Å². The molecule has 2 N–H and O–H groups in total. The summed E-state index contributed by atoms with van der Waals surface area (Å²) in [4.78, 5) is 16.1. The molecule has 0 spiro atoms. The Morgan fingerprint density at radius 3 is 2.47 bits per heavy atom. The number of hydrogen-bond donors (Lipinski definition) is 2. The Balaban J connectivity index is 1.39. The van der Waals surface area contributed by atoms with E-state index in [0.717, 1.165) is 44.0 Å². The first kappa shape index (κ1) is 22.2. The van der Waals surface area contributed by atoms with Crippen molar-refractivity contribution in [1.29, 1.82) is 0 Å². The number of nitrogens with one attached hydrogen (secondary N) is 2. The van der Waals surface area contributed by atoms with Crippen LogP contribution in [0.2, 0.25) is 0 Å². The molecule has 0 unspecified atom stereocenters.